The van der Waals surface area contributed by atoms with Crippen molar-refractivity contribution in [1.82, 2.24) is 15.5 Å². The van der Waals surface area contributed by atoms with Crippen molar-refractivity contribution in [2.75, 3.05) is 12.3 Å². The van der Waals surface area contributed by atoms with E-state index < -0.39 is 60.2 Å². The highest BCUT2D eigenvalue weighted by Gasteiger charge is 2.38. The molecule has 12 heteroatoms. The molecule has 11 nitrogen and oxygen atoms in total. The number of carboxylic acids is 2. The molecule has 0 aromatic carbocycles. The smallest absolute Gasteiger partial charge is 0.327 e. The zero-order valence-corrected chi connectivity index (χ0v) is 17.2. The SMILES string of the molecule is CC(C)[C@H](NC(=O)[C@@H]1CCCN1C(=O)[C@@H](N)CC(=O)O)C(=O)N[C@@H](CS)C(=O)O. The van der Waals surface area contributed by atoms with Crippen LogP contribution in [0.4, 0.5) is 0 Å². The van der Waals surface area contributed by atoms with Gasteiger partial charge < -0.3 is 31.5 Å². The normalized spacial score (nSPS) is 19.3. The molecule has 3 amide bonds. The van der Waals surface area contributed by atoms with Crippen LogP contribution in [0.1, 0.15) is 33.1 Å². The lowest BCUT2D eigenvalue weighted by Gasteiger charge is -2.29. The number of nitrogens with one attached hydrogen (secondary N) is 2. The van der Waals surface area contributed by atoms with Gasteiger partial charge in [0, 0.05) is 12.3 Å². The quantitative estimate of drug-likeness (QED) is 0.224. The van der Waals surface area contributed by atoms with Crippen molar-refractivity contribution in [2.45, 2.75) is 57.3 Å². The number of carbonyl (C=O) groups excluding carboxylic acids is 3. The van der Waals surface area contributed by atoms with Crippen LogP contribution in [0.3, 0.4) is 0 Å². The lowest BCUT2D eigenvalue weighted by Crippen LogP contribution is -2.58. The average molecular weight is 432 g/mol. The summed E-state index contributed by atoms with van der Waals surface area (Å²) in [6.07, 6.45) is 0.322. The van der Waals surface area contributed by atoms with Gasteiger partial charge in [0.15, 0.2) is 0 Å². The topological polar surface area (TPSA) is 179 Å². The summed E-state index contributed by atoms with van der Waals surface area (Å²) in [6, 6.07) is -4.37. The Kier molecular flexibility index (Phi) is 9.37. The number of rotatable bonds is 10. The molecule has 1 fully saturated rings. The monoisotopic (exact) mass is 432 g/mol. The Labute approximate surface area is 173 Å². The van der Waals surface area contributed by atoms with Crippen molar-refractivity contribution in [3.05, 3.63) is 0 Å². The number of hydrogen-bond donors (Lipinski definition) is 6. The van der Waals surface area contributed by atoms with Gasteiger partial charge in [-0.25, -0.2) is 4.79 Å². The minimum Gasteiger partial charge on any atom is -0.481 e. The molecule has 0 radical (unpaired) electrons. The van der Waals surface area contributed by atoms with E-state index in [2.05, 4.69) is 23.3 Å². The Morgan fingerprint density at radius 1 is 1.17 bits per heavy atom. The Bertz CT molecular complexity index is 658. The molecule has 29 heavy (non-hydrogen) atoms. The van der Waals surface area contributed by atoms with Gasteiger partial charge in [0.25, 0.3) is 0 Å². The first-order chi connectivity index (χ1) is 13.5. The number of amides is 3. The molecule has 0 aliphatic carbocycles. The summed E-state index contributed by atoms with van der Waals surface area (Å²) in [6.45, 7) is 3.62. The Morgan fingerprint density at radius 3 is 2.28 bits per heavy atom. The zero-order valence-electron chi connectivity index (χ0n) is 16.3. The van der Waals surface area contributed by atoms with Crippen LogP contribution in [0.25, 0.3) is 0 Å². The molecule has 1 rings (SSSR count). The number of carboxylic acid groups (broad SMARTS) is 2. The van der Waals surface area contributed by atoms with E-state index in [4.69, 9.17) is 15.9 Å². The van der Waals surface area contributed by atoms with Crippen molar-refractivity contribution in [3.63, 3.8) is 0 Å². The number of aliphatic carboxylic acids is 2. The third kappa shape index (κ3) is 6.89. The molecule has 0 aromatic rings. The Hall–Kier alpha value is -2.34. The van der Waals surface area contributed by atoms with Crippen molar-refractivity contribution < 1.29 is 34.2 Å². The first-order valence-corrected chi connectivity index (χ1v) is 9.85. The summed E-state index contributed by atoms with van der Waals surface area (Å²) in [5.41, 5.74) is 5.63. The van der Waals surface area contributed by atoms with E-state index in [1.165, 1.54) is 4.90 Å². The molecule has 6 N–H and O–H groups in total. The molecule has 164 valence electrons. The third-order valence-corrected chi connectivity index (χ3v) is 4.96. The molecule has 1 aliphatic rings. The lowest BCUT2D eigenvalue weighted by atomic mass is 10.0. The van der Waals surface area contributed by atoms with E-state index in [0.29, 0.717) is 12.8 Å². The van der Waals surface area contributed by atoms with E-state index >= 15 is 0 Å². The number of nitrogens with two attached hydrogens (primary N) is 1. The van der Waals surface area contributed by atoms with Gasteiger partial charge in [-0.05, 0) is 18.8 Å². The first-order valence-electron chi connectivity index (χ1n) is 9.21. The molecular weight excluding hydrogens is 404 g/mol. The summed E-state index contributed by atoms with van der Waals surface area (Å²) in [5.74, 6) is -4.84. The third-order valence-electron chi connectivity index (χ3n) is 4.59. The van der Waals surface area contributed by atoms with Crippen LogP contribution in [0.15, 0.2) is 0 Å². The van der Waals surface area contributed by atoms with Gasteiger partial charge in [-0.3, -0.25) is 19.2 Å². The highest BCUT2D eigenvalue weighted by molar-refractivity contribution is 7.80. The molecule has 0 spiro atoms. The second-order valence-electron chi connectivity index (χ2n) is 7.21. The minimum absolute atomic E-state index is 0.119. The molecule has 1 heterocycles. The standard InChI is InChI=1S/C17H28N4O7S/c1-8(2)13(15(25)19-10(7-29)17(27)28)20-14(24)11-4-3-5-21(11)16(26)9(18)6-12(22)23/h8-11,13,29H,3-7,18H2,1-2H3,(H,19,25)(H,20,24)(H,22,23)(H,27,28)/t9-,10-,11-,13-/m0/s1. The number of carbonyl (C=O) groups is 5. The molecule has 4 atom stereocenters. The van der Waals surface area contributed by atoms with E-state index in [1.807, 2.05) is 0 Å². The van der Waals surface area contributed by atoms with Crippen LogP contribution in [0.2, 0.25) is 0 Å². The molecular formula is C17H28N4O7S. The summed E-state index contributed by atoms with van der Waals surface area (Å²) >= 11 is 3.89. The molecule has 1 saturated heterocycles. The summed E-state index contributed by atoms with van der Waals surface area (Å²) in [4.78, 5) is 60.7. The van der Waals surface area contributed by atoms with Gasteiger partial charge in [0.2, 0.25) is 17.7 Å². The first kappa shape index (κ1) is 24.7. The van der Waals surface area contributed by atoms with Gasteiger partial charge in [-0.2, -0.15) is 12.6 Å². The maximum absolute atomic E-state index is 12.7. The highest BCUT2D eigenvalue weighted by atomic mass is 32.1. The van der Waals surface area contributed by atoms with Crippen molar-refractivity contribution in [2.24, 2.45) is 11.7 Å². The van der Waals surface area contributed by atoms with Crippen molar-refractivity contribution in [1.29, 1.82) is 0 Å². The van der Waals surface area contributed by atoms with Crippen LogP contribution < -0.4 is 16.4 Å². The number of nitrogens with zero attached hydrogens (tertiary/aromatic N) is 1. The average Bonchev–Trinajstić information content (AvgIpc) is 3.11. The van der Waals surface area contributed by atoms with Crippen LogP contribution in [0.5, 0.6) is 0 Å². The van der Waals surface area contributed by atoms with E-state index in [1.54, 1.807) is 13.8 Å². The summed E-state index contributed by atoms with van der Waals surface area (Å²) < 4.78 is 0. The van der Waals surface area contributed by atoms with E-state index in [9.17, 15) is 24.0 Å². The number of thiol groups is 1. The van der Waals surface area contributed by atoms with Gasteiger partial charge in [0.05, 0.1) is 12.5 Å². The van der Waals surface area contributed by atoms with Crippen LogP contribution in [0, 0.1) is 5.92 Å². The van der Waals surface area contributed by atoms with Gasteiger partial charge in [-0.15, -0.1) is 0 Å². The molecule has 0 unspecified atom stereocenters. The largest absolute Gasteiger partial charge is 0.481 e. The fraction of sp³-hybridized carbons (Fsp3) is 0.706. The predicted octanol–water partition coefficient (Wildman–Crippen LogP) is -1.58. The fourth-order valence-corrected chi connectivity index (χ4v) is 3.27. The summed E-state index contributed by atoms with van der Waals surface area (Å²) in [5, 5.41) is 22.8. The number of likely N-dealkylation sites (tertiary alicyclic amines) is 1. The number of hydrogen-bond acceptors (Lipinski definition) is 7. The fourth-order valence-electron chi connectivity index (χ4n) is 3.02. The predicted molar refractivity (Wildman–Crippen MR) is 105 cm³/mol. The van der Waals surface area contributed by atoms with Crippen LogP contribution in [-0.4, -0.2) is 81.2 Å². The van der Waals surface area contributed by atoms with Crippen molar-refractivity contribution >= 4 is 42.3 Å². The molecule has 0 bridgehead atoms. The van der Waals surface area contributed by atoms with Crippen molar-refractivity contribution in [3.8, 4) is 0 Å². The molecule has 1 aliphatic heterocycles. The second kappa shape index (κ2) is 11.0. The highest BCUT2D eigenvalue weighted by Crippen LogP contribution is 2.19. The van der Waals surface area contributed by atoms with Gasteiger partial charge in [0.1, 0.15) is 18.1 Å². The maximum Gasteiger partial charge on any atom is 0.327 e. The molecule has 0 saturated carbocycles. The zero-order chi connectivity index (χ0) is 22.3. The second-order valence-corrected chi connectivity index (χ2v) is 7.57. The van der Waals surface area contributed by atoms with Gasteiger partial charge >= 0.3 is 11.9 Å². The minimum atomic E-state index is -1.27. The van der Waals surface area contributed by atoms with E-state index in [-0.39, 0.29) is 18.2 Å². The Balaban J connectivity index is 2.86. The van der Waals surface area contributed by atoms with Crippen LogP contribution >= 0.6 is 12.6 Å². The van der Waals surface area contributed by atoms with Crippen LogP contribution in [-0.2, 0) is 24.0 Å². The maximum atomic E-state index is 12.7. The van der Waals surface area contributed by atoms with Gasteiger partial charge in [-0.1, -0.05) is 13.8 Å². The lowest BCUT2D eigenvalue weighted by molar-refractivity contribution is -0.144. The Morgan fingerprint density at radius 2 is 1.79 bits per heavy atom. The molecule has 0 aromatic heterocycles. The van der Waals surface area contributed by atoms with E-state index in [0.717, 1.165) is 0 Å². The summed E-state index contributed by atoms with van der Waals surface area (Å²) in [7, 11) is 0.